The molecular formula is C21H31F3IN5O2. The lowest BCUT2D eigenvalue weighted by Crippen LogP contribution is -2.45. The minimum atomic E-state index is -4.41. The van der Waals surface area contributed by atoms with E-state index in [-0.39, 0.29) is 47.7 Å². The molecule has 2 heterocycles. The van der Waals surface area contributed by atoms with E-state index < -0.39 is 12.8 Å². The maximum atomic E-state index is 12.7. The standard InChI is InChI=1S/C21H30F3N5O2.HI/c1-25-20(27-12-15-7-9-26-18(11-15)31-14-21(22,23)24)28-17-8-10-29(13-17)19(30)16-5-3-2-4-6-16;/h7,9,11,16-17H,2-6,8,10,12-14H2,1H3,(H2,25,27,28);1H. The molecule has 1 aromatic heterocycles. The molecule has 1 aliphatic carbocycles. The van der Waals surface area contributed by atoms with Gasteiger partial charge in [-0.05, 0) is 30.9 Å². The smallest absolute Gasteiger partial charge is 0.422 e. The zero-order chi connectivity index (χ0) is 22.3. The fraction of sp³-hybridized carbons (Fsp3) is 0.667. The number of alkyl halides is 3. The molecule has 180 valence electrons. The Kier molecular flexibility index (Phi) is 10.3. The Bertz CT molecular complexity index is 772. The second-order valence-corrected chi connectivity index (χ2v) is 8.08. The van der Waals surface area contributed by atoms with Gasteiger partial charge in [0.25, 0.3) is 0 Å². The van der Waals surface area contributed by atoms with E-state index in [1.165, 1.54) is 18.7 Å². The first kappa shape index (κ1) is 26.5. The summed E-state index contributed by atoms with van der Waals surface area (Å²) in [5.41, 5.74) is 0.718. The van der Waals surface area contributed by atoms with Gasteiger partial charge in [0.15, 0.2) is 12.6 Å². The molecule has 2 fully saturated rings. The number of nitrogens with zero attached hydrogens (tertiary/aromatic N) is 3. The number of ether oxygens (including phenoxy) is 1. The Labute approximate surface area is 203 Å². The Morgan fingerprint density at radius 1 is 1.28 bits per heavy atom. The van der Waals surface area contributed by atoms with E-state index in [0.29, 0.717) is 19.0 Å². The molecule has 7 nitrogen and oxygen atoms in total. The van der Waals surface area contributed by atoms with Crippen molar-refractivity contribution in [2.45, 2.75) is 57.3 Å². The van der Waals surface area contributed by atoms with Gasteiger partial charge in [0.2, 0.25) is 11.8 Å². The van der Waals surface area contributed by atoms with Crippen LogP contribution in [0.15, 0.2) is 23.3 Å². The van der Waals surface area contributed by atoms with E-state index in [4.69, 9.17) is 0 Å². The monoisotopic (exact) mass is 569 g/mol. The van der Waals surface area contributed by atoms with Crippen LogP contribution >= 0.6 is 24.0 Å². The Hall–Kier alpha value is -1.79. The van der Waals surface area contributed by atoms with E-state index in [9.17, 15) is 18.0 Å². The third-order valence-electron chi connectivity index (χ3n) is 5.66. The predicted octanol–water partition coefficient (Wildman–Crippen LogP) is 3.49. The fourth-order valence-electron chi connectivity index (χ4n) is 4.05. The third kappa shape index (κ3) is 8.28. The molecule has 0 spiro atoms. The van der Waals surface area contributed by atoms with Crippen LogP contribution in [-0.4, -0.2) is 60.7 Å². The first-order chi connectivity index (χ1) is 14.8. The van der Waals surface area contributed by atoms with Gasteiger partial charge in [-0.25, -0.2) is 4.98 Å². The third-order valence-corrected chi connectivity index (χ3v) is 5.66. The van der Waals surface area contributed by atoms with Crippen molar-refractivity contribution in [2.24, 2.45) is 10.9 Å². The lowest BCUT2D eigenvalue weighted by Gasteiger charge is -2.26. The van der Waals surface area contributed by atoms with Crippen LogP contribution in [0, 0.1) is 5.92 Å². The molecule has 0 bridgehead atoms. The van der Waals surface area contributed by atoms with Crippen molar-refractivity contribution in [3.05, 3.63) is 23.9 Å². The number of aliphatic imine (C=N–C) groups is 1. The largest absolute Gasteiger partial charge is 0.468 e. The van der Waals surface area contributed by atoms with Gasteiger partial charge >= 0.3 is 6.18 Å². The molecule has 11 heteroatoms. The first-order valence-electron chi connectivity index (χ1n) is 10.7. The minimum absolute atomic E-state index is 0. The van der Waals surface area contributed by atoms with Crippen molar-refractivity contribution < 1.29 is 22.7 Å². The molecule has 0 radical (unpaired) electrons. The molecule has 1 saturated carbocycles. The number of pyridine rings is 1. The highest BCUT2D eigenvalue weighted by atomic mass is 127. The molecule has 1 saturated heterocycles. The van der Waals surface area contributed by atoms with Crippen molar-refractivity contribution in [3.63, 3.8) is 0 Å². The number of guanidine groups is 1. The highest BCUT2D eigenvalue weighted by molar-refractivity contribution is 14.0. The van der Waals surface area contributed by atoms with Crippen molar-refractivity contribution >= 4 is 35.8 Å². The average Bonchev–Trinajstić information content (AvgIpc) is 3.23. The number of aromatic nitrogens is 1. The number of likely N-dealkylation sites (tertiary alicyclic amines) is 1. The highest BCUT2D eigenvalue weighted by Gasteiger charge is 2.32. The van der Waals surface area contributed by atoms with E-state index >= 15 is 0 Å². The highest BCUT2D eigenvalue weighted by Crippen LogP contribution is 2.26. The SMILES string of the molecule is CN=C(NCc1ccnc(OCC(F)(F)F)c1)NC1CCN(C(=O)C2CCCCC2)C1.I. The zero-order valence-corrected chi connectivity index (χ0v) is 20.5. The van der Waals surface area contributed by atoms with Crippen molar-refractivity contribution in [3.8, 4) is 5.88 Å². The Morgan fingerprint density at radius 2 is 2.03 bits per heavy atom. The van der Waals surface area contributed by atoms with Gasteiger partial charge in [-0.2, -0.15) is 13.2 Å². The van der Waals surface area contributed by atoms with Gasteiger partial charge < -0.3 is 20.3 Å². The van der Waals surface area contributed by atoms with Crippen LogP contribution in [0.25, 0.3) is 0 Å². The van der Waals surface area contributed by atoms with Gasteiger partial charge in [0, 0.05) is 50.9 Å². The first-order valence-corrected chi connectivity index (χ1v) is 10.7. The maximum absolute atomic E-state index is 12.7. The summed E-state index contributed by atoms with van der Waals surface area (Å²) in [6.07, 6.45) is 3.35. The molecule has 1 atom stereocenters. The number of carbonyl (C=O) groups excluding carboxylic acids is 1. The van der Waals surface area contributed by atoms with E-state index in [2.05, 4.69) is 25.3 Å². The number of rotatable bonds is 6. The van der Waals surface area contributed by atoms with Crippen LogP contribution in [-0.2, 0) is 11.3 Å². The lowest BCUT2D eigenvalue weighted by atomic mass is 9.88. The second kappa shape index (κ2) is 12.4. The number of nitrogens with one attached hydrogen (secondary N) is 2. The van der Waals surface area contributed by atoms with Crippen LogP contribution in [0.3, 0.4) is 0 Å². The normalized spacial score (nSPS) is 19.9. The number of halogens is 4. The molecular weight excluding hydrogens is 538 g/mol. The molecule has 3 rings (SSSR count). The van der Waals surface area contributed by atoms with Gasteiger partial charge in [0.05, 0.1) is 0 Å². The molecule has 1 aromatic rings. The number of hydrogen-bond acceptors (Lipinski definition) is 4. The van der Waals surface area contributed by atoms with Crippen molar-refractivity contribution in [2.75, 3.05) is 26.7 Å². The minimum Gasteiger partial charge on any atom is -0.468 e. The van der Waals surface area contributed by atoms with Gasteiger partial charge in [-0.3, -0.25) is 9.79 Å². The lowest BCUT2D eigenvalue weighted by molar-refractivity contribution is -0.154. The molecule has 32 heavy (non-hydrogen) atoms. The summed E-state index contributed by atoms with van der Waals surface area (Å²) in [6.45, 7) is 0.370. The molecule has 2 N–H and O–H groups in total. The topological polar surface area (TPSA) is 78.9 Å². The van der Waals surface area contributed by atoms with Gasteiger partial charge in [-0.15, -0.1) is 24.0 Å². The molecule has 1 amide bonds. The van der Waals surface area contributed by atoms with Crippen LogP contribution in [0.1, 0.15) is 44.1 Å². The summed E-state index contributed by atoms with van der Waals surface area (Å²) < 4.78 is 41.6. The van der Waals surface area contributed by atoms with Gasteiger partial charge in [0.1, 0.15) is 0 Å². The number of carbonyl (C=O) groups is 1. The van der Waals surface area contributed by atoms with Gasteiger partial charge in [-0.1, -0.05) is 19.3 Å². The molecule has 0 aromatic carbocycles. The molecule has 1 aliphatic heterocycles. The zero-order valence-electron chi connectivity index (χ0n) is 18.2. The summed E-state index contributed by atoms with van der Waals surface area (Å²) in [4.78, 5) is 22.7. The van der Waals surface area contributed by atoms with Crippen molar-refractivity contribution in [1.82, 2.24) is 20.5 Å². The second-order valence-electron chi connectivity index (χ2n) is 8.08. The quantitative estimate of drug-likeness (QED) is 0.312. The predicted molar refractivity (Wildman–Crippen MR) is 126 cm³/mol. The van der Waals surface area contributed by atoms with Crippen molar-refractivity contribution in [1.29, 1.82) is 0 Å². The Balaban J connectivity index is 0.00000363. The van der Waals surface area contributed by atoms with Crippen LogP contribution in [0.2, 0.25) is 0 Å². The van der Waals surface area contributed by atoms with Crippen LogP contribution in [0.5, 0.6) is 5.88 Å². The summed E-state index contributed by atoms with van der Waals surface area (Å²) >= 11 is 0. The fourth-order valence-corrected chi connectivity index (χ4v) is 4.05. The van der Waals surface area contributed by atoms with E-state index in [1.54, 1.807) is 13.1 Å². The average molecular weight is 569 g/mol. The number of amides is 1. The van der Waals surface area contributed by atoms with Crippen LogP contribution < -0.4 is 15.4 Å². The van der Waals surface area contributed by atoms with E-state index in [1.807, 2.05) is 4.90 Å². The Morgan fingerprint density at radius 3 is 2.72 bits per heavy atom. The summed E-state index contributed by atoms with van der Waals surface area (Å²) in [6, 6.07) is 3.27. The molecule has 1 unspecified atom stereocenters. The van der Waals surface area contributed by atoms with Crippen LogP contribution in [0.4, 0.5) is 13.2 Å². The van der Waals surface area contributed by atoms with E-state index in [0.717, 1.165) is 44.2 Å². The summed E-state index contributed by atoms with van der Waals surface area (Å²) in [5, 5.41) is 6.48. The molecule has 2 aliphatic rings. The maximum Gasteiger partial charge on any atom is 0.422 e. The summed E-state index contributed by atoms with van der Waals surface area (Å²) in [5.74, 6) is 0.944. The summed E-state index contributed by atoms with van der Waals surface area (Å²) in [7, 11) is 1.65. The number of hydrogen-bond donors (Lipinski definition) is 2.